The minimum atomic E-state index is -0.716. The normalized spacial score (nSPS) is 16.6. The van der Waals surface area contributed by atoms with Gasteiger partial charge in [-0.1, -0.05) is 12.1 Å². The van der Waals surface area contributed by atoms with Crippen molar-refractivity contribution in [1.82, 2.24) is 10.3 Å². The van der Waals surface area contributed by atoms with Crippen LogP contribution in [0.1, 0.15) is 28.3 Å². The summed E-state index contributed by atoms with van der Waals surface area (Å²) in [5.41, 5.74) is 1.16. The van der Waals surface area contributed by atoms with E-state index in [9.17, 15) is 19.7 Å². The number of aromatic nitrogens is 1. The average molecular weight is 531 g/mol. The van der Waals surface area contributed by atoms with Gasteiger partial charge in [-0.2, -0.15) is 0 Å². The molecule has 13 nitrogen and oxygen atoms in total. The number of carbonyl (C=O) groups excluding carboxylic acids is 2. The molecule has 0 saturated heterocycles. The second kappa shape index (κ2) is 14.6. The summed E-state index contributed by atoms with van der Waals surface area (Å²) in [7, 11) is 1.31. The topological polar surface area (TPSA) is 171 Å². The first-order chi connectivity index (χ1) is 18.4. The van der Waals surface area contributed by atoms with Gasteiger partial charge in [0.2, 0.25) is 6.29 Å². The van der Waals surface area contributed by atoms with Crippen LogP contribution >= 0.6 is 0 Å². The van der Waals surface area contributed by atoms with Gasteiger partial charge in [-0.3, -0.25) is 14.9 Å². The zero-order valence-corrected chi connectivity index (χ0v) is 20.8. The van der Waals surface area contributed by atoms with Crippen LogP contribution in [0.3, 0.4) is 0 Å². The summed E-state index contributed by atoms with van der Waals surface area (Å²) >= 11 is 0. The van der Waals surface area contributed by atoms with E-state index in [0.29, 0.717) is 24.3 Å². The Balaban J connectivity index is 1.60. The fourth-order valence-corrected chi connectivity index (χ4v) is 3.59. The van der Waals surface area contributed by atoms with E-state index in [0.717, 1.165) is 11.8 Å². The van der Waals surface area contributed by atoms with Crippen molar-refractivity contribution >= 4 is 23.4 Å². The molecule has 3 rings (SSSR count). The highest BCUT2D eigenvalue weighted by Crippen LogP contribution is 2.31. The number of esters is 1. The minimum Gasteiger partial charge on any atom is -0.465 e. The number of benzene rings is 1. The minimum absolute atomic E-state index is 0.0908. The fraction of sp³-hybridized carbons (Fsp3) is 0.400. The number of rotatable bonds is 14. The number of hydrogen-bond donors (Lipinski definition) is 3. The van der Waals surface area contributed by atoms with Crippen LogP contribution in [-0.4, -0.2) is 79.8 Å². The van der Waals surface area contributed by atoms with Crippen molar-refractivity contribution in [3.05, 3.63) is 75.7 Å². The highest BCUT2D eigenvalue weighted by molar-refractivity contribution is 5.92. The lowest BCUT2D eigenvalue weighted by Crippen LogP contribution is -2.35. The van der Waals surface area contributed by atoms with E-state index in [2.05, 4.69) is 15.6 Å². The third kappa shape index (κ3) is 8.50. The number of amides is 1. The van der Waals surface area contributed by atoms with Gasteiger partial charge in [0.15, 0.2) is 5.76 Å². The molecule has 0 fully saturated rings. The molecule has 204 valence electrons. The maximum Gasteiger partial charge on any atom is 0.337 e. The summed E-state index contributed by atoms with van der Waals surface area (Å²) in [5.74, 6) is -0.578. The summed E-state index contributed by atoms with van der Waals surface area (Å²) in [6.45, 7) is 1.13. The van der Waals surface area contributed by atoms with E-state index in [4.69, 9.17) is 24.1 Å². The first kappa shape index (κ1) is 28.5. The predicted molar refractivity (Wildman–Crippen MR) is 134 cm³/mol. The Morgan fingerprint density at radius 1 is 1.16 bits per heavy atom. The van der Waals surface area contributed by atoms with Gasteiger partial charge in [-0.15, -0.1) is 0 Å². The van der Waals surface area contributed by atoms with Crippen LogP contribution in [0.15, 0.2) is 54.4 Å². The Morgan fingerprint density at radius 2 is 1.95 bits per heavy atom. The molecular formula is C25H30N4O9. The van der Waals surface area contributed by atoms with Crippen molar-refractivity contribution < 1.29 is 38.6 Å². The summed E-state index contributed by atoms with van der Waals surface area (Å²) in [5, 5.41) is 25.3. The molecule has 0 aliphatic carbocycles. The number of allylic oxidation sites excluding steroid dienone is 1. The van der Waals surface area contributed by atoms with Crippen molar-refractivity contribution in [1.29, 1.82) is 0 Å². The Kier molecular flexibility index (Phi) is 11.0. The molecule has 3 N–H and O–H groups in total. The van der Waals surface area contributed by atoms with Gasteiger partial charge >= 0.3 is 5.97 Å². The van der Waals surface area contributed by atoms with Crippen molar-refractivity contribution in [2.45, 2.75) is 18.6 Å². The second-order valence-electron chi connectivity index (χ2n) is 8.08. The van der Waals surface area contributed by atoms with Gasteiger partial charge in [0.1, 0.15) is 12.0 Å². The SMILES string of the molecule is COC(=O)c1ccc(C2C=C(C(=O)NCCNc3ccc([N+](=O)[O-])cn3)OC(OCCOCCO)C2)cc1. The Bertz CT molecular complexity index is 1110. The van der Waals surface area contributed by atoms with E-state index in [1.807, 2.05) is 0 Å². The number of hydrogen-bond acceptors (Lipinski definition) is 11. The third-order valence-electron chi connectivity index (χ3n) is 5.48. The molecule has 38 heavy (non-hydrogen) atoms. The number of pyridine rings is 1. The van der Waals surface area contributed by atoms with Crippen molar-refractivity contribution in [2.75, 3.05) is 51.9 Å². The molecular weight excluding hydrogens is 500 g/mol. The van der Waals surface area contributed by atoms with Gasteiger partial charge in [0, 0.05) is 31.5 Å². The van der Waals surface area contributed by atoms with E-state index in [1.165, 1.54) is 19.2 Å². The largest absolute Gasteiger partial charge is 0.465 e. The fourth-order valence-electron chi connectivity index (χ4n) is 3.59. The zero-order chi connectivity index (χ0) is 27.3. The Hall–Kier alpha value is -4.07. The summed E-state index contributed by atoms with van der Waals surface area (Å²) < 4.78 is 21.5. The van der Waals surface area contributed by atoms with Crippen LogP contribution in [0, 0.1) is 10.1 Å². The van der Waals surface area contributed by atoms with Crippen LogP contribution in [0.5, 0.6) is 0 Å². The van der Waals surface area contributed by atoms with E-state index in [1.54, 1.807) is 30.3 Å². The quantitative estimate of drug-likeness (QED) is 0.141. The summed E-state index contributed by atoms with van der Waals surface area (Å²) in [6.07, 6.45) is 2.57. The Labute approximate surface area is 218 Å². The third-order valence-corrected chi connectivity index (χ3v) is 5.48. The summed E-state index contributed by atoms with van der Waals surface area (Å²) in [4.78, 5) is 38.8. The number of aliphatic hydroxyl groups is 1. The van der Waals surface area contributed by atoms with E-state index >= 15 is 0 Å². The first-order valence-corrected chi connectivity index (χ1v) is 11.9. The number of nitro groups is 1. The Morgan fingerprint density at radius 3 is 2.61 bits per heavy atom. The van der Waals surface area contributed by atoms with Crippen LogP contribution in [0.4, 0.5) is 11.5 Å². The maximum absolute atomic E-state index is 12.9. The number of nitrogens with one attached hydrogen (secondary N) is 2. The number of methoxy groups -OCH3 is 1. The van der Waals surface area contributed by atoms with Crippen LogP contribution in [0.2, 0.25) is 0 Å². The van der Waals surface area contributed by atoms with Crippen molar-refractivity contribution in [3.63, 3.8) is 0 Å². The second-order valence-corrected chi connectivity index (χ2v) is 8.08. The number of nitrogens with zero attached hydrogens (tertiary/aromatic N) is 2. The lowest BCUT2D eigenvalue weighted by atomic mass is 9.92. The van der Waals surface area contributed by atoms with Crippen LogP contribution < -0.4 is 10.6 Å². The first-order valence-electron chi connectivity index (χ1n) is 11.9. The standard InChI is InChI=1S/C25H30N4O9/c1-35-25(32)18-4-2-17(3-5-18)19-14-21(38-23(15-19)37-13-12-36-11-10-30)24(31)27-9-8-26-22-7-6-20(16-28-22)29(33)34/h2-7,14,16,19,23,30H,8-13,15H2,1H3,(H,26,28)(H,27,31). The smallest absolute Gasteiger partial charge is 0.337 e. The predicted octanol–water partition coefficient (Wildman–Crippen LogP) is 1.74. The van der Waals surface area contributed by atoms with Crippen molar-refractivity contribution in [3.8, 4) is 0 Å². The molecule has 2 aromatic rings. The molecule has 1 aliphatic heterocycles. The molecule has 0 spiro atoms. The molecule has 1 amide bonds. The number of anilines is 1. The van der Waals surface area contributed by atoms with Gasteiger partial charge < -0.3 is 34.7 Å². The molecule has 0 bridgehead atoms. The molecule has 13 heteroatoms. The lowest BCUT2D eigenvalue weighted by Gasteiger charge is -2.29. The maximum atomic E-state index is 12.9. The molecule has 2 atom stereocenters. The summed E-state index contributed by atoms with van der Waals surface area (Å²) in [6, 6.07) is 9.70. The highest BCUT2D eigenvalue weighted by atomic mass is 16.7. The van der Waals surface area contributed by atoms with Gasteiger partial charge in [-0.25, -0.2) is 9.78 Å². The van der Waals surface area contributed by atoms with E-state index in [-0.39, 0.29) is 50.3 Å². The van der Waals surface area contributed by atoms with Gasteiger partial charge in [0.25, 0.3) is 11.6 Å². The van der Waals surface area contributed by atoms with Gasteiger partial charge in [-0.05, 0) is 29.8 Å². The molecule has 1 aromatic heterocycles. The zero-order valence-electron chi connectivity index (χ0n) is 20.8. The van der Waals surface area contributed by atoms with Crippen LogP contribution in [0.25, 0.3) is 0 Å². The average Bonchev–Trinajstić information content (AvgIpc) is 2.94. The van der Waals surface area contributed by atoms with Crippen LogP contribution in [-0.2, 0) is 23.7 Å². The molecule has 0 radical (unpaired) electrons. The number of ether oxygens (including phenoxy) is 4. The molecule has 1 aromatic carbocycles. The number of aliphatic hydroxyl groups excluding tert-OH is 1. The van der Waals surface area contributed by atoms with Crippen molar-refractivity contribution in [2.24, 2.45) is 0 Å². The number of carbonyl (C=O) groups is 2. The molecule has 1 aliphatic rings. The lowest BCUT2D eigenvalue weighted by molar-refractivity contribution is -0.385. The highest BCUT2D eigenvalue weighted by Gasteiger charge is 2.29. The molecule has 2 unspecified atom stereocenters. The molecule has 2 heterocycles. The monoisotopic (exact) mass is 530 g/mol. The van der Waals surface area contributed by atoms with Gasteiger partial charge in [0.05, 0.1) is 44.0 Å². The molecule has 0 saturated carbocycles. The van der Waals surface area contributed by atoms with E-state index < -0.39 is 23.1 Å².